The molecular formula is C13H17NO5S. The number of carbonyl (C=O) groups is 3. The first kappa shape index (κ1) is 14.9. The number of carboxylic acids is 1. The highest BCUT2D eigenvalue weighted by atomic mass is 32.2. The average Bonchev–Trinajstić information content (AvgIpc) is 2.57. The van der Waals surface area contributed by atoms with Gasteiger partial charge in [0.15, 0.2) is 0 Å². The lowest BCUT2D eigenvalue weighted by Gasteiger charge is -2.36. The third kappa shape index (κ3) is 2.30. The van der Waals surface area contributed by atoms with Crippen molar-refractivity contribution < 1.29 is 24.2 Å². The van der Waals surface area contributed by atoms with Crippen LogP contribution in [-0.2, 0) is 19.1 Å². The molecule has 0 radical (unpaired) electrons. The molecule has 3 atom stereocenters. The minimum atomic E-state index is -1.05. The Balaban J connectivity index is 2.28. The lowest BCUT2D eigenvalue weighted by molar-refractivity contribution is -0.157. The second-order valence-corrected chi connectivity index (χ2v) is 6.71. The molecule has 2 fully saturated rings. The van der Waals surface area contributed by atoms with Gasteiger partial charge in [-0.2, -0.15) is 0 Å². The summed E-state index contributed by atoms with van der Waals surface area (Å²) < 4.78 is 4.08. The number of rotatable bonds is 4. The number of hydrogen-bond acceptors (Lipinski definition) is 5. The molecular weight excluding hydrogens is 282 g/mol. The summed E-state index contributed by atoms with van der Waals surface area (Å²) >= 11 is 1.41. The maximum Gasteiger partial charge on any atom is 0.333 e. The predicted molar refractivity (Wildman–Crippen MR) is 73.1 cm³/mol. The molecule has 1 amide bonds. The van der Waals surface area contributed by atoms with Gasteiger partial charge in [-0.3, -0.25) is 4.79 Å². The Morgan fingerprint density at radius 1 is 1.60 bits per heavy atom. The van der Waals surface area contributed by atoms with Crippen molar-refractivity contribution in [1.29, 1.82) is 0 Å². The van der Waals surface area contributed by atoms with Gasteiger partial charge in [0.2, 0.25) is 5.91 Å². The first-order valence-corrected chi connectivity index (χ1v) is 7.26. The van der Waals surface area contributed by atoms with Crippen molar-refractivity contribution in [1.82, 2.24) is 4.90 Å². The van der Waals surface area contributed by atoms with Gasteiger partial charge in [-0.15, -0.1) is 11.8 Å². The van der Waals surface area contributed by atoms with Crippen molar-refractivity contribution in [3.05, 3.63) is 11.6 Å². The summed E-state index contributed by atoms with van der Waals surface area (Å²) in [5.41, 5.74) is 0.364. The van der Waals surface area contributed by atoms with Gasteiger partial charge < -0.3 is 14.7 Å². The zero-order valence-corrected chi connectivity index (χ0v) is 12.4. The van der Waals surface area contributed by atoms with Gasteiger partial charge in [-0.25, -0.2) is 9.59 Å². The number of nitrogens with zero attached hydrogens (tertiary/aromatic N) is 1. The molecule has 20 heavy (non-hydrogen) atoms. The van der Waals surface area contributed by atoms with Gasteiger partial charge in [-0.05, 0) is 20.8 Å². The van der Waals surface area contributed by atoms with Gasteiger partial charge in [-0.1, -0.05) is 6.08 Å². The summed E-state index contributed by atoms with van der Waals surface area (Å²) in [5.74, 6) is -1.66. The SMILES string of the molecule is CCOC(=O)/C(C)=C/[C@]1(C)S[C@@H]2CC(=O)N2[C@H]1C(=O)O. The van der Waals surface area contributed by atoms with Crippen LogP contribution in [0, 0.1) is 0 Å². The number of esters is 1. The number of carbonyl (C=O) groups excluding carboxylic acids is 2. The third-order valence-electron chi connectivity index (χ3n) is 3.49. The first-order chi connectivity index (χ1) is 9.30. The van der Waals surface area contributed by atoms with Crippen LogP contribution in [0.4, 0.5) is 0 Å². The van der Waals surface area contributed by atoms with Gasteiger partial charge in [0.25, 0.3) is 0 Å². The Morgan fingerprint density at radius 2 is 2.25 bits per heavy atom. The number of hydrogen-bond donors (Lipinski definition) is 1. The van der Waals surface area contributed by atoms with E-state index in [0.717, 1.165) is 0 Å². The molecule has 0 aromatic carbocycles. The summed E-state index contributed by atoms with van der Waals surface area (Å²) in [5, 5.41) is 9.28. The molecule has 2 aliphatic heterocycles. The highest BCUT2D eigenvalue weighted by Gasteiger charge is 2.59. The van der Waals surface area contributed by atoms with Crippen LogP contribution in [0.1, 0.15) is 27.2 Å². The van der Waals surface area contributed by atoms with Gasteiger partial charge in [0.1, 0.15) is 6.04 Å². The van der Waals surface area contributed by atoms with E-state index in [4.69, 9.17) is 4.74 Å². The zero-order valence-electron chi connectivity index (χ0n) is 11.6. The molecule has 0 saturated carbocycles. The molecule has 110 valence electrons. The molecule has 1 N–H and O–H groups in total. The number of carboxylic acid groups (broad SMARTS) is 1. The largest absolute Gasteiger partial charge is 0.480 e. The Bertz CT molecular complexity index is 503. The molecule has 0 aromatic heterocycles. The average molecular weight is 299 g/mol. The summed E-state index contributed by atoms with van der Waals surface area (Å²) in [6.45, 7) is 5.32. The molecule has 0 aromatic rings. The highest BCUT2D eigenvalue weighted by Crippen LogP contribution is 2.52. The van der Waals surface area contributed by atoms with Crippen LogP contribution in [0.5, 0.6) is 0 Å². The summed E-state index contributed by atoms with van der Waals surface area (Å²) in [6.07, 6.45) is 1.97. The molecule has 2 aliphatic rings. The maximum atomic E-state index is 11.7. The molecule has 2 heterocycles. The van der Waals surface area contributed by atoms with Crippen molar-refractivity contribution >= 4 is 29.6 Å². The highest BCUT2D eigenvalue weighted by molar-refractivity contribution is 8.01. The van der Waals surface area contributed by atoms with Crippen LogP contribution in [-0.4, -0.2) is 50.6 Å². The second kappa shape index (κ2) is 5.12. The van der Waals surface area contributed by atoms with Crippen LogP contribution in [0.15, 0.2) is 11.6 Å². The van der Waals surface area contributed by atoms with Gasteiger partial charge in [0, 0.05) is 5.57 Å². The smallest absolute Gasteiger partial charge is 0.333 e. The van der Waals surface area contributed by atoms with Crippen LogP contribution in [0.2, 0.25) is 0 Å². The van der Waals surface area contributed by atoms with Crippen LogP contribution in [0.3, 0.4) is 0 Å². The summed E-state index contributed by atoms with van der Waals surface area (Å²) in [4.78, 5) is 36.1. The van der Waals surface area contributed by atoms with E-state index in [1.165, 1.54) is 16.7 Å². The van der Waals surface area contributed by atoms with Gasteiger partial charge >= 0.3 is 11.9 Å². The lowest BCUT2D eigenvalue weighted by atomic mass is 9.94. The van der Waals surface area contributed by atoms with Crippen molar-refractivity contribution in [2.24, 2.45) is 0 Å². The number of aliphatic carboxylic acids is 1. The molecule has 0 unspecified atom stereocenters. The fourth-order valence-electron chi connectivity index (χ4n) is 2.65. The number of thioether (sulfide) groups is 1. The van der Waals surface area contributed by atoms with E-state index in [-0.39, 0.29) is 17.9 Å². The number of β-lactam (4-membered cyclic amide) rings is 1. The van der Waals surface area contributed by atoms with Gasteiger partial charge in [0.05, 0.1) is 23.1 Å². The standard InChI is InChI=1S/C13H17NO5S/c1-4-19-12(18)7(2)6-13(3)10(11(16)17)14-8(15)5-9(14)20-13/h6,9-10H,4-5H2,1-3H3,(H,16,17)/b7-6+/t9-,10+,13+/m1/s1. The van der Waals surface area contributed by atoms with Crippen molar-refractivity contribution in [3.8, 4) is 0 Å². The predicted octanol–water partition coefficient (Wildman–Crippen LogP) is 1.01. The zero-order chi connectivity index (χ0) is 15.1. The Morgan fingerprint density at radius 3 is 2.75 bits per heavy atom. The molecule has 2 saturated heterocycles. The fourth-order valence-corrected chi connectivity index (χ4v) is 4.41. The van der Waals surface area contributed by atoms with E-state index in [9.17, 15) is 19.5 Å². The Labute approximate surface area is 121 Å². The third-order valence-corrected chi connectivity index (χ3v) is 5.01. The van der Waals surface area contributed by atoms with Crippen molar-refractivity contribution in [2.75, 3.05) is 6.61 Å². The second-order valence-electron chi connectivity index (χ2n) is 5.05. The molecule has 7 heteroatoms. The maximum absolute atomic E-state index is 11.7. The van der Waals surface area contributed by atoms with E-state index in [1.807, 2.05) is 0 Å². The minimum absolute atomic E-state index is 0.111. The topological polar surface area (TPSA) is 83.9 Å². The van der Waals surface area contributed by atoms with E-state index in [2.05, 4.69) is 0 Å². The quantitative estimate of drug-likeness (QED) is 0.474. The number of ether oxygens (including phenoxy) is 1. The van der Waals surface area contributed by atoms with E-state index in [1.54, 1.807) is 26.8 Å². The molecule has 0 bridgehead atoms. The normalized spacial score (nSPS) is 32.6. The Kier molecular flexibility index (Phi) is 3.82. The van der Waals surface area contributed by atoms with Crippen LogP contribution in [0.25, 0.3) is 0 Å². The van der Waals surface area contributed by atoms with E-state index in [0.29, 0.717) is 12.0 Å². The first-order valence-electron chi connectivity index (χ1n) is 6.38. The van der Waals surface area contributed by atoms with Crippen molar-refractivity contribution in [3.63, 3.8) is 0 Å². The van der Waals surface area contributed by atoms with E-state index < -0.39 is 22.7 Å². The molecule has 0 aliphatic carbocycles. The molecule has 0 spiro atoms. The summed E-state index contributed by atoms with van der Waals surface area (Å²) in [7, 11) is 0. The molecule has 6 nitrogen and oxygen atoms in total. The van der Waals surface area contributed by atoms with Crippen LogP contribution >= 0.6 is 11.8 Å². The number of fused-ring (bicyclic) bond motifs is 1. The Hall–Kier alpha value is -1.50. The fraction of sp³-hybridized carbons (Fsp3) is 0.615. The van der Waals surface area contributed by atoms with Crippen molar-refractivity contribution in [2.45, 2.75) is 43.4 Å². The minimum Gasteiger partial charge on any atom is -0.480 e. The lowest BCUT2D eigenvalue weighted by Crippen LogP contribution is -2.57. The number of amides is 1. The van der Waals surface area contributed by atoms with E-state index >= 15 is 0 Å². The monoisotopic (exact) mass is 299 g/mol. The molecule has 2 rings (SSSR count). The summed E-state index contributed by atoms with van der Waals surface area (Å²) in [6, 6.07) is -0.942. The van der Waals surface area contributed by atoms with Crippen LogP contribution < -0.4 is 0 Å².